The Labute approximate surface area is 217 Å². The molecule has 0 aromatic rings. The van der Waals surface area contributed by atoms with Crippen LogP contribution in [0, 0.1) is 34.0 Å². The maximum Gasteiger partial charge on any atom is 0.213 e. The van der Waals surface area contributed by atoms with E-state index in [9.17, 15) is 9.90 Å². The molecule has 3 spiro atoms. The lowest BCUT2D eigenvalue weighted by Crippen LogP contribution is -2.87. The predicted octanol–water partition coefficient (Wildman–Crippen LogP) is 4.07. The summed E-state index contributed by atoms with van der Waals surface area (Å²) >= 11 is 5.91. The van der Waals surface area contributed by atoms with Crippen LogP contribution in [0.5, 0.6) is 0 Å². The van der Waals surface area contributed by atoms with Gasteiger partial charge in [0.15, 0.2) is 17.9 Å². The van der Waals surface area contributed by atoms with E-state index < -0.39 is 40.9 Å². The molecule has 198 valence electrons. The number of carbonyl (C=O) groups is 1. The average Bonchev–Trinajstić information content (AvgIpc) is 2.93. The lowest BCUT2D eigenvalue weighted by atomic mass is 9.36. The molecule has 0 aromatic carbocycles. The van der Waals surface area contributed by atoms with Crippen LogP contribution >= 0.6 is 11.6 Å². The van der Waals surface area contributed by atoms with Crippen molar-refractivity contribution in [1.82, 2.24) is 0 Å². The number of ether oxygens (including phenoxy) is 5. The highest BCUT2D eigenvalue weighted by molar-refractivity contribution is 6.17. The first-order chi connectivity index (χ1) is 17.0. The second kappa shape index (κ2) is 7.16. The molecule has 0 aromatic heterocycles. The Hall–Kier alpha value is -0.960. The molecule has 9 atom stereocenters. The molecule has 4 aliphatic carbocycles. The summed E-state index contributed by atoms with van der Waals surface area (Å²) in [5, 5.41) is 12.4. The Morgan fingerprint density at radius 2 is 1.97 bits per heavy atom. The topological polar surface area (TPSA) is 83.5 Å². The molecular weight excluding hydrogens is 484 g/mol. The number of allylic oxidation sites excluding steroid dienone is 1. The number of rotatable bonds is 3. The fourth-order valence-corrected chi connectivity index (χ4v) is 10.0. The summed E-state index contributed by atoms with van der Waals surface area (Å²) < 4.78 is 32.6. The first-order valence-electron chi connectivity index (χ1n) is 13.5. The van der Waals surface area contributed by atoms with Crippen molar-refractivity contribution in [2.24, 2.45) is 34.0 Å². The van der Waals surface area contributed by atoms with Crippen LogP contribution in [0.25, 0.3) is 0 Å². The van der Waals surface area contributed by atoms with E-state index in [1.54, 1.807) is 0 Å². The van der Waals surface area contributed by atoms with E-state index >= 15 is 0 Å². The van der Waals surface area contributed by atoms with Gasteiger partial charge in [0, 0.05) is 24.1 Å². The van der Waals surface area contributed by atoms with Crippen LogP contribution < -0.4 is 0 Å². The molecule has 0 radical (unpaired) electrons. The van der Waals surface area contributed by atoms with Crippen molar-refractivity contribution >= 4 is 17.4 Å². The second-order valence-electron chi connectivity index (χ2n) is 13.2. The standard InChI is InChI=1S/C28H37ClO7/c1-14-16-7-8-17-26-13-33-28(27(17,20(14)30)23(16)35-25(4,5)36-28)21(31)19(26)24(2,3)12-15-6-9-18(32-11-10-29)34-22(15)26/h16-19,21,23,31H,1,6-13H2,2-5H3/t16-,17-,18+,19+,21-,23?,26?,27-,28-/m0/s1. The Kier molecular flexibility index (Phi) is 4.79. The average molecular weight is 521 g/mol. The number of ketones is 1. The normalized spacial score (nSPS) is 51.4. The predicted molar refractivity (Wildman–Crippen MR) is 130 cm³/mol. The van der Waals surface area contributed by atoms with Gasteiger partial charge in [-0.3, -0.25) is 4.79 Å². The zero-order valence-electron chi connectivity index (χ0n) is 21.6. The number of Topliss-reactive ketones (excluding diaryl/α,β-unsaturated/α-hetero) is 1. The highest BCUT2D eigenvalue weighted by Gasteiger charge is 2.90. The number of halogens is 1. The van der Waals surface area contributed by atoms with E-state index in [1.807, 2.05) is 13.8 Å². The molecule has 4 aliphatic heterocycles. The number of aliphatic hydroxyl groups excluding tert-OH is 1. The van der Waals surface area contributed by atoms with Crippen molar-refractivity contribution in [1.29, 1.82) is 0 Å². The van der Waals surface area contributed by atoms with E-state index in [-0.39, 0.29) is 29.0 Å². The molecule has 4 heterocycles. The fraction of sp³-hybridized carbons (Fsp3) is 0.821. The minimum Gasteiger partial charge on any atom is -0.469 e. The van der Waals surface area contributed by atoms with Crippen LogP contribution in [0.2, 0.25) is 0 Å². The molecule has 0 amide bonds. The molecule has 4 bridgehead atoms. The molecule has 6 fully saturated rings. The summed E-state index contributed by atoms with van der Waals surface area (Å²) in [5.74, 6) is -1.77. The van der Waals surface area contributed by atoms with Gasteiger partial charge in [-0.25, -0.2) is 0 Å². The van der Waals surface area contributed by atoms with Crippen LogP contribution in [0.1, 0.15) is 59.8 Å². The summed E-state index contributed by atoms with van der Waals surface area (Å²) in [6, 6.07) is 0. The number of fused-ring (bicyclic) bond motifs is 1. The minimum atomic E-state index is -1.48. The number of aliphatic hydroxyl groups is 1. The van der Waals surface area contributed by atoms with E-state index in [4.69, 9.17) is 35.3 Å². The van der Waals surface area contributed by atoms with Gasteiger partial charge >= 0.3 is 0 Å². The van der Waals surface area contributed by atoms with Gasteiger partial charge in [-0.05, 0) is 62.0 Å². The highest BCUT2D eigenvalue weighted by Crippen LogP contribution is 2.80. The number of hydrogen-bond acceptors (Lipinski definition) is 7. The molecule has 3 saturated carbocycles. The van der Waals surface area contributed by atoms with Crippen LogP contribution in [0.15, 0.2) is 23.5 Å². The first-order valence-corrected chi connectivity index (χ1v) is 14.0. The third-order valence-corrected chi connectivity index (χ3v) is 10.8. The second-order valence-corrected chi connectivity index (χ2v) is 13.5. The van der Waals surface area contributed by atoms with Crippen LogP contribution in [-0.4, -0.2) is 60.1 Å². The monoisotopic (exact) mass is 520 g/mol. The highest BCUT2D eigenvalue weighted by atomic mass is 35.5. The summed E-state index contributed by atoms with van der Waals surface area (Å²) in [4.78, 5) is 14.3. The molecule has 8 aliphatic rings. The fourth-order valence-electron chi connectivity index (χ4n) is 9.94. The van der Waals surface area contributed by atoms with Crippen molar-refractivity contribution in [2.45, 2.75) is 89.9 Å². The molecule has 8 rings (SSSR count). The summed E-state index contributed by atoms with van der Waals surface area (Å²) in [6.07, 6.45) is 2.17. The third kappa shape index (κ3) is 2.48. The van der Waals surface area contributed by atoms with Gasteiger partial charge in [0.1, 0.15) is 17.3 Å². The molecular formula is C28H37ClO7. The molecule has 8 heteroatoms. The largest absolute Gasteiger partial charge is 0.469 e. The summed E-state index contributed by atoms with van der Waals surface area (Å²) in [6.45, 7) is 13.1. The van der Waals surface area contributed by atoms with E-state index in [0.717, 1.165) is 37.9 Å². The number of alkyl halides is 1. The van der Waals surface area contributed by atoms with Crippen LogP contribution in [0.4, 0.5) is 0 Å². The lowest BCUT2D eigenvalue weighted by Gasteiger charge is -2.77. The molecule has 3 saturated heterocycles. The minimum absolute atomic E-state index is 0.0663. The lowest BCUT2D eigenvalue weighted by molar-refractivity contribution is -0.527. The zero-order valence-corrected chi connectivity index (χ0v) is 22.4. The Bertz CT molecular complexity index is 1080. The van der Waals surface area contributed by atoms with Gasteiger partial charge in [0.05, 0.1) is 24.7 Å². The van der Waals surface area contributed by atoms with E-state index in [0.29, 0.717) is 24.7 Å². The quantitative estimate of drug-likeness (QED) is 0.443. The first kappa shape index (κ1) is 24.1. The number of hydrogen-bond donors (Lipinski definition) is 1. The number of carbonyl (C=O) groups excluding carboxylic acids is 1. The summed E-state index contributed by atoms with van der Waals surface area (Å²) in [5.41, 5.74) is -0.254. The van der Waals surface area contributed by atoms with Gasteiger partial charge < -0.3 is 28.8 Å². The summed E-state index contributed by atoms with van der Waals surface area (Å²) in [7, 11) is 0. The molecule has 1 N–H and O–H groups in total. The van der Waals surface area contributed by atoms with Crippen LogP contribution in [-0.2, 0) is 28.5 Å². The van der Waals surface area contributed by atoms with Gasteiger partial charge in [-0.2, -0.15) is 0 Å². The zero-order chi connectivity index (χ0) is 25.5. The maximum atomic E-state index is 14.3. The van der Waals surface area contributed by atoms with E-state index in [1.165, 1.54) is 5.57 Å². The van der Waals surface area contributed by atoms with Gasteiger partial charge in [0.25, 0.3) is 0 Å². The smallest absolute Gasteiger partial charge is 0.213 e. The molecule has 36 heavy (non-hydrogen) atoms. The van der Waals surface area contributed by atoms with Crippen molar-refractivity contribution in [3.63, 3.8) is 0 Å². The van der Waals surface area contributed by atoms with E-state index in [2.05, 4.69) is 20.4 Å². The van der Waals surface area contributed by atoms with Crippen molar-refractivity contribution < 1.29 is 33.6 Å². The van der Waals surface area contributed by atoms with Crippen molar-refractivity contribution in [3.8, 4) is 0 Å². The third-order valence-electron chi connectivity index (χ3n) is 10.6. The Morgan fingerprint density at radius 3 is 2.72 bits per heavy atom. The van der Waals surface area contributed by atoms with Crippen molar-refractivity contribution in [3.05, 3.63) is 23.5 Å². The van der Waals surface area contributed by atoms with Crippen LogP contribution in [0.3, 0.4) is 0 Å². The van der Waals surface area contributed by atoms with Crippen molar-refractivity contribution in [2.75, 3.05) is 19.1 Å². The molecule has 2 unspecified atom stereocenters. The Morgan fingerprint density at radius 1 is 1.19 bits per heavy atom. The SMILES string of the molecule is C=C1C(=O)[C@@]23C4OC(C)(C)O[C@]25OCC2(C6=C(CC[C@H](OCCCl)O6)CC(C)(C)[C@H]2[C@@H]5O)[C@@H]3CC[C@@H]14. The van der Waals surface area contributed by atoms with Gasteiger partial charge in [0.2, 0.25) is 5.79 Å². The molecule has 7 nitrogen and oxygen atoms in total. The maximum absolute atomic E-state index is 14.3. The van der Waals surface area contributed by atoms with Gasteiger partial charge in [-0.1, -0.05) is 20.4 Å². The Balaban J connectivity index is 1.47. The van der Waals surface area contributed by atoms with Gasteiger partial charge in [-0.15, -0.1) is 11.6 Å².